The molecule has 0 spiro atoms. The molecule has 2 aromatic heterocycles. The molecule has 1 aliphatic rings. The molecule has 0 saturated heterocycles. The largest absolute Gasteiger partial charge is 0.460 e. The molecule has 32 heavy (non-hydrogen) atoms. The molecule has 0 atom stereocenters. The molecule has 5 rings (SSSR count). The van der Waals surface area contributed by atoms with Crippen LogP contribution in [0.1, 0.15) is 36.1 Å². The number of fused-ring (bicyclic) bond motifs is 2. The first kappa shape index (κ1) is 20.4. The highest BCUT2D eigenvalue weighted by atomic mass is 35.5. The summed E-state index contributed by atoms with van der Waals surface area (Å²) in [5.41, 5.74) is 2.31. The van der Waals surface area contributed by atoms with E-state index in [9.17, 15) is 14.4 Å². The van der Waals surface area contributed by atoms with E-state index >= 15 is 0 Å². The standard InChI is InChI=1S/C23H16ClN3O4S/c1-13-18-12-19(32-22(18)27(25-13)15-6-4-5-14(24)11-15)23(30)31-10-9-26-20(28)16-7-2-3-8-17(16)21(26)29/h2-8,11-12H,9-10H2,1H3. The van der Waals surface area contributed by atoms with Crippen molar-refractivity contribution in [2.75, 3.05) is 13.2 Å². The van der Waals surface area contributed by atoms with Crippen molar-refractivity contribution in [2.45, 2.75) is 6.92 Å². The summed E-state index contributed by atoms with van der Waals surface area (Å²) in [6.45, 7) is 1.78. The van der Waals surface area contributed by atoms with Crippen molar-refractivity contribution in [1.82, 2.24) is 14.7 Å². The van der Waals surface area contributed by atoms with Crippen LogP contribution in [0.3, 0.4) is 0 Å². The zero-order valence-electron chi connectivity index (χ0n) is 16.9. The zero-order chi connectivity index (χ0) is 22.4. The second-order valence-electron chi connectivity index (χ2n) is 7.25. The molecule has 9 heteroatoms. The number of carbonyl (C=O) groups is 3. The van der Waals surface area contributed by atoms with E-state index in [4.69, 9.17) is 16.3 Å². The van der Waals surface area contributed by atoms with E-state index in [2.05, 4.69) is 5.10 Å². The lowest BCUT2D eigenvalue weighted by atomic mass is 10.1. The van der Waals surface area contributed by atoms with Crippen molar-refractivity contribution in [3.05, 3.63) is 81.3 Å². The monoisotopic (exact) mass is 465 g/mol. The van der Waals surface area contributed by atoms with Crippen LogP contribution in [-0.4, -0.2) is 45.6 Å². The Morgan fingerprint density at radius 1 is 1.06 bits per heavy atom. The lowest BCUT2D eigenvalue weighted by molar-refractivity contribution is 0.0424. The normalized spacial score (nSPS) is 13.1. The van der Waals surface area contributed by atoms with Gasteiger partial charge in [0.25, 0.3) is 11.8 Å². The molecule has 7 nitrogen and oxygen atoms in total. The summed E-state index contributed by atoms with van der Waals surface area (Å²) in [7, 11) is 0. The van der Waals surface area contributed by atoms with Crippen LogP contribution in [0.5, 0.6) is 0 Å². The predicted octanol–water partition coefficient (Wildman–Crippen LogP) is 4.50. The highest BCUT2D eigenvalue weighted by molar-refractivity contribution is 7.20. The number of carbonyl (C=O) groups excluding carboxylic acids is 3. The van der Waals surface area contributed by atoms with Gasteiger partial charge in [-0.25, -0.2) is 9.48 Å². The van der Waals surface area contributed by atoms with Gasteiger partial charge in [0, 0.05) is 10.4 Å². The Labute approximate surface area is 191 Å². The Kier molecular flexibility index (Phi) is 5.03. The van der Waals surface area contributed by atoms with Crippen LogP contribution in [0.15, 0.2) is 54.6 Å². The molecule has 0 fully saturated rings. The minimum absolute atomic E-state index is 0.00168. The molecule has 0 radical (unpaired) electrons. The highest BCUT2D eigenvalue weighted by Gasteiger charge is 2.34. The van der Waals surface area contributed by atoms with Gasteiger partial charge >= 0.3 is 5.97 Å². The number of hydrogen-bond acceptors (Lipinski definition) is 6. The third-order valence-electron chi connectivity index (χ3n) is 5.22. The third kappa shape index (κ3) is 3.37. The van der Waals surface area contributed by atoms with E-state index in [1.54, 1.807) is 47.1 Å². The van der Waals surface area contributed by atoms with Crippen LogP contribution in [0.25, 0.3) is 15.9 Å². The first-order valence-electron chi connectivity index (χ1n) is 9.81. The molecule has 0 aliphatic carbocycles. The van der Waals surface area contributed by atoms with Gasteiger partial charge in [0.15, 0.2) is 0 Å². The number of aryl methyl sites for hydroxylation is 1. The van der Waals surface area contributed by atoms with Crippen molar-refractivity contribution in [3.8, 4) is 5.69 Å². The molecule has 4 aromatic rings. The van der Waals surface area contributed by atoms with Crippen LogP contribution < -0.4 is 0 Å². The first-order chi connectivity index (χ1) is 15.4. The molecule has 3 heterocycles. The number of ether oxygens (including phenoxy) is 1. The number of amides is 2. The summed E-state index contributed by atoms with van der Waals surface area (Å²) in [6, 6.07) is 15.7. The fourth-order valence-electron chi connectivity index (χ4n) is 3.67. The molecule has 160 valence electrons. The quantitative estimate of drug-likeness (QED) is 0.320. The van der Waals surface area contributed by atoms with Crippen LogP contribution in [0, 0.1) is 6.92 Å². The topological polar surface area (TPSA) is 81.5 Å². The lowest BCUT2D eigenvalue weighted by Gasteiger charge is -2.13. The minimum Gasteiger partial charge on any atom is -0.460 e. The summed E-state index contributed by atoms with van der Waals surface area (Å²) in [5, 5.41) is 5.99. The Morgan fingerprint density at radius 3 is 2.47 bits per heavy atom. The lowest BCUT2D eigenvalue weighted by Crippen LogP contribution is -2.33. The van der Waals surface area contributed by atoms with Crippen LogP contribution in [0.2, 0.25) is 5.02 Å². The number of imide groups is 1. The van der Waals surface area contributed by atoms with Gasteiger partial charge in [-0.2, -0.15) is 5.10 Å². The maximum atomic E-state index is 12.6. The van der Waals surface area contributed by atoms with Gasteiger partial charge in [-0.1, -0.05) is 29.8 Å². The Hall–Kier alpha value is -3.49. The van der Waals surface area contributed by atoms with Gasteiger partial charge in [-0.05, 0) is 43.3 Å². The van der Waals surface area contributed by atoms with E-state index in [-0.39, 0.29) is 25.0 Å². The third-order valence-corrected chi connectivity index (χ3v) is 6.55. The van der Waals surface area contributed by atoms with Crippen LogP contribution in [0.4, 0.5) is 0 Å². The fraction of sp³-hybridized carbons (Fsp3) is 0.130. The number of benzene rings is 2. The number of halogens is 1. The molecule has 1 aliphatic heterocycles. The number of rotatable bonds is 5. The second kappa shape index (κ2) is 7.89. The van der Waals surface area contributed by atoms with Gasteiger partial charge in [-0.3, -0.25) is 14.5 Å². The number of nitrogens with zero attached hydrogens (tertiary/aromatic N) is 3. The second-order valence-corrected chi connectivity index (χ2v) is 8.72. The zero-order valence-corrected chi connectivity index (χ0v) is 18.4. The van der Waals surface area contributed by atoms with Crippen molar-refractivity contribution in [1.29, 1.82) is 0 Å². The summed E-state index contributed by atoms with van der Waals surface area (Å²) in [4.78, 5) is 39.8. The average molecular weight is 466 g/mol. The van der Waals surface area contributed by atoms with Gasteiger partial charge in [0.05, 0.1) is 29.1 Å². The summed E-state index contributed by atoms with van der Waals surface area (Å²) >= 11 is 7.37. The summed E-state index contributed by atoms with van der Waals surface area (Å²) in [5.74, 6) is -1.26. The molecule has 2 aromatic carbocycles. The Balaban J connectivity index is 1.30. The number of hydrogen-bond donors (Lipinski definition) is 0. The van der Waals surface area contributed by atoms with Gasteiger partial charge < -0.3 is 4.74 Å². The van der Waals surface area contributed by atoms with Crippen molar-refractivity contribution in [2.24, 2.45) is 0 Å². The molecular weight excluding hydrogens is 450 g/mol. The molecule has 0 bridgehead atoms. The first-order valence-corrected chi connectivity index (χ1v) is 11.0. The van der Waals surface area contributed by atoms with E-state index in [1.807, 2.05) is 19.1 Å². The maximum Gasteiger partial charge on any atom is 0.348 e. The van der Waals surface area contributed by atoms with Gasteiger partial charge in [0.1, 0.15) is 16.3 Å². The molecular formula is C23H16ClN3O4S. The Morgan fingerprint density at radius 2 is 1.78 bits per heavy atom. The van der Waals surface area contributed by atoms with Crippen molar-refractivity contribution >= 4 is 50.9 Å². The van der Waals surface area contributed by atoms with Crippen LogP contribution >= 0.6 is 22.9 Å². The van der Waals surface area contributed by atoms with Gasteiger partial charge in [-0.15, -0.1) is 11.3 Å². The Bertz CT molecular complexity index is 1370. The van der Waals surface area contributed by atoms with Crippen LogP contribution in [-0.2, 0) is 4.74 Å². The number of aromatic nitrogens is 2. The fourth-order valence-corrected chi connectivity index (χ4v) is 4.93. The molecule has 0 N–H and O–H groups in total. The average Bonchev–Trinajstić information content (AvgIpc) is 3.42. The summed E-state index contributed by atoms with van der Waals surface area (Å²) < 4.78 is 7.11. The number of esters is 1. The molecule has 2 amide bonds. The molecule has 0 saturated carbocycles. The SMILES string of the molecule is Cc1nn(-c2cccc(Cl)c2)c2sc(C(=O)OCCN3C(=O)c4ccccc4C3=O)cc12. The van der Waals surface area contributed by atoms with E-state index in [0.29, 0.717) is 21.0 Å². The highest BCUT2D eigenvalue weighted by Crippen LogP contribution is 2.31. The van der Waals surface area contributed by atoms with Crippen molar-refractivity contribution in [3.63, 3.8) is 0 Å². The van der Waals surface area contributed by atoms with E-state index in [0.717, 1.165) is 26.5 Å². The van der Waals surface area contributed by atoms with E-state index < -0.39 is 5.97 Å². The smallest absolute Gasteiger partial charge is 0.348 e. The van der Waals surface area contributed by atoms with Crippen molar-refractivity contribution < 1.29 is 19.1 Å². The summed E-state index contributed by atoms with van der Waals surface area (Å²) in [6.07, 6.45) is 0. The molecule has 0 unspecified atom stereocenters. The van der Waals surface area contributed by atoms with E-state index in [1.165, 1.54) is 11.3 Å². The van der Waals surface area contributed by atoms with Gasteiger partial charge in [0.2, 0.25) is 0 Å². The minimum atomic E-state index is -0.514. The maximum absolute atomic E-state index is 12.6. The number of thiophene rings is 1. The predicted molar refractivity (Wildman–Crippen MR) is 121 cm³/mol.